The molecule has 0 atom stereocenters. The Labute approximate surface area is 120 Å². The monoisotopic (exact) mass is 278 g/mol. The molecule has 0 bridgehead atoms. The summed E-state index contributed by atoms with van der Waals surface area (Å²) in [6.45, 7) is 2.28. The van der Waals surface area contributed by atoms with Crippen molar-refractivity contribution in [2.75, 3.05) is 25.2 Å². The Hall–Kier alpha value is -1.13. The van der Waals surface area contributed by atoms with Crippen molar-refractivity contribution in [2.24, 2.45) is 0 Å². The van der Waals surface area contributed by atoms with Gasteiger partial charge < -0.3 is 15.0 Å². The molecule has 4 heteroatoms. The third-order valence-corrected chi connectivity index (χ3v) is 3.97. The van der Waals surface area contributed by atoms with E-state index in [1.165, 1.54) is 25.7 Å². The predicted octanol–water partition coefficient (Wildman–Crippen LogP) is 2.69. The number of hydrogen-bond donors (Lipinski definition) is 1. The first-order chi connectivity index (χ1) is 9.76. The van der Waals surface area contributed by atoms with E-state index in [1.807, 2.05) is 0 Å². The lowest BCUT2D eigenvalue weighted by Gasteiger charge is -2.25. The molecule has 0 spiro atoms. The Kier molecular flexibility index (Phi) is 4.22. The molecular formula is C16H23FN2O. The maximum atomic E-state index is 13.8. The van der Waals surface area contributed by atoms with Gasteiger partial charge in [0.05, 0.1) is 6.61 Å². The van der Waals surface area contributed by atoms with Crippen molar-refractivity contribution in [1.82, 2.24) is 5.32 Å². The second kappa shape index (κ2) is 6.10. The Morgan fingerprint density at radius 2 is 2.05 bits per heavy atom. The highest BCUT2D eigenvalue weighted by molar-refractivity contribution is 5.51. The molecule has 3 nitrogen and oxygen atoms in total. The minimum atomic E-state index is -0.141. The van der Waals surface area contributed by atoms with Crippen molar-refractivity contribution in [3.05, 3.63) is 29.6 Å². The molecule has 0 radical (unpaired) electrons. The summed E-state index contributed by atoms with van der Waals surface area (Å²) in [6.07, 6.45) is 4.92. The maximum Gasteiger partial charge on any atom is 0.125 e. The summed E-state index contributed by atoms with van der Waals surface area (Å²) in [6, 6.07) is 6.62. The van der Waals surface area contributed by atoms with Crippen LogP contribution in [-0.2, 0) is 11.3 Å². The van der Waals surface area contributed by atoms with Crippen LogP contribution in [0.4, 0.5) is 10.1 Å². The van der Waals surface area contributed by atoms with Crippen molar-refractivity contribution < 1.29 is 9.13 Å². The quantitative estimate of drug-likeness (QED) is 0.791. The van der Waals surface area contributed by atoms with Gasteiger partial charge in [-0.1, -0.05) is 0 Å². The van der Waals surface area contributed by atoms with E-state index in [9.17, 15) is 4.39 Å². The van der Waals surface area contributed by atoms with Crippen LogP contribution in [-0.4, -0.2) is 32.3 Å². The van der Waals surface area contributed by atoms with Crippen molar-refractivity contribution in [2.45, 2.75) is 44.3 Å². The summed E-state index contributed by atoms with van der Waals surface area (Å²) >= 11 is 0. The molecule has 2 aliphatic carbocycles. The van der Waals surface area contributed by atoms with Gasteiger partial charge in [-0.2, -0.15) is 0 Å². The Bertz CT molecular complexity index is 458. The maximum absolute atomic E-state index is 13.8. The molecule has 0 aromatic heterocycles. The fourth-order valence-electron chi connectivity index (χ4n) is 2.55. The minimum Gasteiger partial charge on any atom is -0.383 e. The normalized spacial score (nSPS) is 18.3. The Balaban J connectivity index is 1.71. The number of methoxy groups -OCH3 is 1. The number of benzene rings is 1. The summed E-state index contributed by atoms with van der Waals surface area (Å²) in [7, 11) is 1.71. The molecule has 2 aliphatic rings. The second-order valence-electron chi connectivity index (χ2n) is 5.89. The molecule has 1 aromatic rings. The zero-order valence-corrected chi connectivity index (χ0v) is 12.1. The number of nitrogens with one attached hydrogen (secondary N) is 1. The number of nitrogens with zero attached hydrogens (tertiary/aromatic N) is 1. The molecule has 0 aliphatic heterocycles. The van der Waals surface area contributed by atoms with Crippen LogP contribution in [0.15, 0.2) is 18.2 Å². The number of anilines is 1. The number of halogens is 1. The van der Waals surface area contributed by atoms with Crippen molar-refractivity contribution >= 4 is 5.69 Å². The van der Waals surface area contributed by atoms with E-state index in [1.54, 1.807) is 19.2 Å². The predicted molar refractivity (Wildman–Crippen MR) is 78.5 cm³/mol. The number of ether oxygens (including phenoxy) is 1. The summed E-state index contributed by atoms with van der Waals surface area (Å²) in [4.78, 5) is 2.28. The van der Waals surface area contributed by atoms with Gasteiger partial charge in [0.25, 0.3) is 0 Å². The average molecular weight is 278 g/mol. The lowest BCUT2D eigenvalue weighted by atomic mass is 10.1. The molecule has 1 N–H and O–H groups in total. The first-order valence-electron chi connectivity index (χ1n) is 7.54. The van der Waals surface area contributed by atoms with Crippen molar-refractivity contribution in [3.8, 4) is 0 Å². The molecule has 2 fully saturated rings. The molecule has 0 heterocycles. The standard InChI is InChI=1S/C16H23FN2O/c1-20-7-6-19(15-4-5-15)16-9-12(8-13(17)10-16)11-18-14-2-3-14/h8-10,14-15,18H,2-7,11H2,1H3. The lowest BCUT2D eigenvalue weighted by Crippen LogP contribution is -2.29. The van der Waals surface area contributed by atoms with Crippen LogP contribution >= 0.6 is 0 Å². The fraction of sp³-hybridized carbons (Fsp3) is 0.625. The zero-order chi connectivity index (χ0) is 13.9. The van der Waals surface area contributed by atoms with Gasteiger partial charge in [-0.3, -0.25) is 0 Å². The van der Waals surface area contributed by atoms with Crippen molar-refractivity contribution in [3.63, 3.8) is 0 Å². The summed E-state index contributed by atoms with van der Waals surface area (Å²) in [5, 5.41) is 3.44. The van der Waals surface area contributed by atoms with E-state index in [0.717, 1.165) is 24.3 Å². The van der Waals surface area contributed by atoms with Gasteiger partial charge in [0, 0.05) is 38.0 Å². The Morgan fingerprint density at radius 3 is 2.70 bits per heavy atom. The van der Waals surface area contributed by atoms with Crippen LogP contribution < -0.4 is 10.2 Å². The molecule has 0 unspecified atom stereocenters. The zero-order valence-electron chi connectivity index (χ0n) is 12.1. The van der Waals surface area contributed by atoms with Gasteiger partial charge in [0.2, 0.25) is 0 Å². The Morgan fingerprint density at radius 1 is 1.25 bits per heavy atom. The molecule has 3 rings (SSSR count). The van der Waals surface area contributed by atoms with Crippen LogP contribution in [0.3, 0.4) is 0 Å². The third-order valence-electron chi connectivity index (χ3n) is 3.97. The average Bonchev–Trinajstić information content (AvgIpc) is 3.29. The largest absolute Gasteiger partial charge is 0.383 e. The third kappa shape index (κ3) is 3.70. The minimum absolute atomic E-state index is 0.141. The molecule has 110 valence electrons. The van der Waals surface area contributed by atoms with E-state index in [0.29, 0.717) is 18.7 Å². The van der Waals surface area contributed by atoms with E-state index in [4.69, 9.17) is 4.74 Å². The van der Waals surface area contributed by atoms with Gasteiger partial charge in [-0.15, -0.1) is 0 Å². The molecule has 1 aromatic carbocycles. The molecule has 2 saturated carbocycles. The van der Waals surface area contributed by atoms with E-state index < -0.39 is 0 Å². The highest BCUT2D eigenvalue weighted by atomic mass is 19.1. The van der Waals surface area contributed by atoms with E-state index in [2.05, 4.69) is 16.3 Å². The van der Waals surface area contributed by atoms with Crippen LogP contribution in [0.2, 0.25) is 0 Å². The fourth-order valence-corrected chi connectivity index (χ4v) is 2.55. The first kappa shape index (κ1) is 13.8. The summed E-state index contributed by atoms with van der Waals surface area (Å²) in [5.41, 5.74) is 2.03. The topological polar surface area (TPSA) is 24.5 Å². The second-order valence-corrected chi connectivity index (χ2v) is 5.89. The first-order valence-corrected chi connectivity index (χ1v) is 7.54. The summed E-state index contributed by atoms with van der Waals surface area (Å²) < 4.78 is 19.0. The van der Waals surface area contributed by atoms with Crippen LogP contribution in [0.25, 0.3) is 0 Å². The highest BCUT2D eigenvalue weighted by Crippen LogP contribution is 2.32. The molecule has 0 saturated heterocycles. The van der Waals surface area contributed by atoms with E-state index in [-0.39, 0.29) is 5.82 Å². The van der Waals surface area contributed by atoms with Gasteiger partial charge >= 0.3 is 0 Å². The van der Waals surface area contributed by atoms with Crippen LogP contribution in [0.5, 0.6) is 0 Å². The SMILES string of the molecule is COCCN(c1cc(F)cc(CNC2CC2)c1)C1CC1. The van der Waals surface area contributed by atoms with Crippen LogP contribution in [0, 0.1) is 5.82 Å². The lowest BCUT2D eigenvalue weighted by molar-refractivity contribution is 0.205. The molecular weight excluding hydrogens is 255 g/mol. The smallest absolute Gasteiger partial charge is 0.125 e. The summed E-state index contributed by atoms with van der Waals surface area (Å²) in [5.74, 6) is -0.141. The van der Waals surface area contributed by atoms with E-state index >= 15 is 0 Å². The van der Waals surface area contributed by atoms with Crippen molar-refractivity contribution in [1.29, 1.82) is 0 Å². The highest BCUT2D eigenvalue weighted by Gasteiger charge is 2.29. The number of hydrogen-bond acceptors (Lipinski definition) is 3. The molecule has 20 heavy (non-hydrogen) atoms. The van der Waals surface area contributed by atoms with Gasteiger partial charge in [-0.25, -0.2) is 4.39 Å². The van der Waals surface area contributed by atoms with Gasteiger partial charge in [0.1, 0.15) is 5.82 Å². The van der Waals surface area contributed by atoms with Gasteiger partial charge in [0.15, 0.2) is 0 Å². The number of rotatable bonds is 8. The molecule has 0 amide bonds. The van der Waals surface area contributed by atoms with Crippen LogP contribution in [0.1, 0.15) is 31.2 Å². The van der Waals surface area contributed by atoms with Gasteiger partial charge in [-0.05, 0) is 49.4 Å².